The molecule has 0 bridgehead atoms. The van der Waals surface area contributed by atoms with Crippen molar-refractivity contribution in [1.82, 2.24) is 10.2 Å². The van der Waals surface area contributed by atoms with Gasteiger partial charge in [0.05, 0.1) is 30.4 Å². The zero-order chi connectivity index (χ0) is 29.3. The first-order valence-corrected chi connectivity index (χ1v) is 14.8. The number of ketones is 1. The number of nitrogens with two attached hydrogens (primary N) is 1. The van der Waals surface area contributed by atoms with E-state index < -0.39 is 5.92 Å². The molecule has 1 aromatic heterocycles. The number of anilines is 2. The average Bonchev–Trinajstić information content (AvgIpc) is 3.39. The van der Waals surface area contributed by atoms with Gasteiger partial charge in [-0.3, -0.25) is 14.5 Å². The number of aryl methyl sites for hydroxylation is 1. The lowest BCUT2D eigenvalue weighted by Gasteiger charge is -2.42. The third kappa shape index (κ3) is 5.85. The molecule has 0 spiro atoms. The lowest BCUT2D eigenvalue weighted by molar-refractivity contribution is -0.118. The molecule has 1 atom stereocenters. The van der Waals surface area contributed by atoms with E-state index in [2.05, 4.69) is 35.4 Å². The minimum Gasteiger partial charge on any atom is -0.497 e. The molecule has 5 rings (SSSR count). The maximum absolute atomic E-state index is 13.7. The van der Waals surface area contributed by atoms with Crippen LogP contribution in [0.5, 0.6) is 5.75 Å². The van der Waals surface area contributed by atoms with Crippen LogP contribution in [0.3, 0.4) is 0 Å². The first-order chi connectivity index (χ1) is 19.6. The van der Waals surface area contributed by atoms with Crippen LogP contribution in [0.2, 0.25) is 0 Å². The quantitative estimate of drug-likeness (QED) is 0.343. The van der Waals surface area contributed by atoms with Crippen LogP contribution in [0.4, 0.5) is 10.8 Å². The van der Waals surface area contributed by atoms with Crippen LogP contribution in [0.25, 0.3) is 0 Å². The number of methoxy groups -OCH3 is 1. The van der Waals surface area contributed by atoms with Gasteiger partial charge in [0.25, 0.3) is 0 Å². The fourth-order valence-electron chi connectivity index (χ4n) is 5.20. The van der Waals surface area contributed by atoms with Crippen LogP contribution in [0.1, 0.15) is 43.7 Å². The zero-order valence-electron chi connectivity index (χ0n) is 23.2. The predicted molar refractivity (Wildman–Crippen MR) is 161 cm³/mol. The van der Waals surface area contributed by atoms with Crippen LogP contribution < -0.4 is 20.7 Å². The Hall–Kier alpha value is -4.14. The molecule has 1 aliphatic carbocycles. The summed E-state index contributed by atoms with van der Waals surface area (Å²) in [4.78, 5) is 28.0. The number of nitrogens with zero attached hydrogens (tertiary/aromatic N) is 4. The molecular formula is C30H30N6O3S2. The summed E-state index contributed by atoms with van der Waals surface area (Å²) in [5, 5.41) is 22.2. The number of Topliss-reactive ketones (excluding diaryl/α,β-unsaturated/α-hetero) is 1. The summed E-state index contributed by atoms with van der Waals surface area (Å²) in [5.74, 6) is 0.268. The number of allylic oxidation sites excluding steroid dienone is 3. The van der Waals surface area contributed by atoms with Crippen LogP contribution >= 0.6 is 23.1 Å². The number of hydrogen-bond donors (Lipinski definition) is 2. The first-order valence-electron chi connectivity index (χ1n) is 13.0. The molecule has 2 aromatic carbocycles. The van der Waals surface area contributed by atoms with E-state index in [0.29, 0.717) is 44.9 Å². The summed E-state index contributed by atoms with van der Waals surface area (Å²) in [6, 6.07) is 17.3. The molecule has 0 saturated carbocycles. The van der Waals surface area contributed by atoms with Gasteiger partial charge in [-0.05, 0) is 36.5 Å². The van der Waals surface area contributed by atoms with Gasteiger partial charge in [0.2, 0.25) is 11.0 Å². The van der Waals surface area contributed by atoms with E-state index in [1.165, 1.54) is 23.1 Å². The third-order valence-corrected chi connectivity index (χ3v) is 9.10. The molecule has 1 unspecified atom stereocenters. The Bertz CT molecular complexity index is 1620. The third-order valence-electron chi connectivity index (χ3n) is 7.06. The normalized spacial score (nSPS) is 18.2. The molecule has 0 radical (unpaired) electrons. The number of benzene rings is 2. The molecule has 2 aliphatic rings. The summed E-state index contributed by atoms with van der Waals surface area (Å²) >= 11 is 2.51. The second-order valence-electron chi connectivity index (χ2n) is 10.8. The number of hydrogen-bond acceptors (Lipinski definition) is 10. The Morgan fingerprint density at radius 1 is 1.24 bits per heavy atom. The molecule has 3 N–H and O–H groups in total. The number of rotatable bonds is 7. The van der Waals surface area contributed by atoms with Gasteiger partial charge in [-0.25, -0.2) is 0 Å². The van der Waals surface area contributed by atoms with Crippen molar-refractivity contribution >= 4 is 45.6 Å². The Balaban J connectivity index is 1.44. The maximum Gasteiger partial charge on any atom is 0.234 e. The molecule has 1 aliphatic heterocycles. The highest BCUT2D eigenvalue weighted by Gasteiger charge is 2.45. The van der Waals surface area contributed by atoms with Gasteiger partial charge in [-0.2, -0.15) is 5.26 Å². The van der Waals surface area contributed by atoms with E-state index in [-0.39, 0.29) is 28.7 Å². The molecule has 9 nitrogen and oxygen atoms in total. The van der Waals surface area contributed by atoms with Crippen molar-refractivity contribution in [2.45, 2.75) is 43.9 Å². The Labute approximate surface area is 247 Å². The summed E-state index contributed by atoms with van der Waals surface area (Å²) in [7, 11) is 1.57. The van der Waals surface area contributed by atoms with Gasteiger partial charge in [0.15, 0.2) is 10.1 Å². The average molecular weight is 587 g/mol. The maximum atomic E-state index is 13.7. The van der Waals surface area contributed by atoms with Gasteiger partial charge in [0.1, 0.15) is 11.6 Å². The minimum atomic E-state index is -0.544. The van der Waals surface area contributed by atoms with Gasteiger partial charge in [-0.1, -0.05) is 72.8 Å². The van der Waals surface area contributed by atoms with Crippen LogP contribution in [-0.2, 0) is 9.59 Å². The molecule has 11 heteroatoms. The van der Waals surface area contributed by atoms with Crippen molar-refractivity contribution in [3.05, 3.63) is 82.3 Å². The first kappa shape index (κ1) is 28.4. The Morgan fingerprint density at radius 2 is 2.00 bits per heavy atom. The lowest BCUT2D eigenvalue weighted by atomic mass is 9.68. The number of nitrogens with one attached hydrogen (secondary N) is 1. The molecule has 0 saturated heterocycles. The van der Waals surface area contributed by atoms with Crippen LogP contribution in [0, 0.1) is 23.7 Å². The SMILES string of the molecule is COc1cccc(NC(=O)CSc2nnc(N3C(N)=C(C#N)C(c4ccc(C)cc4)C4=C3CC(C)(C)CC4=O)s2)c1. The van der Waals surface area contributed by atoms with Gasteiger partial charge >= 0.3 is 0 Å². The number of carbonyl (C=O) groups is 2. The number of thioether (sulfide) groups is 1. The molecule has 1 amide bonds. The van der Waals surface area contributed by atoms with Crippen molar-refractivity contribution in [2.24, 2.45) is 11.1 Å². The Morgan fingerprint density at radius 3 is 2.71 bits per heavy atom. The van der Waals surface area contributed by atoms with Crippen molar-refractivity contribution < 1.29 is 14.3 Å². The number of ether oxygens (including phenoxy) is 1. The largest absolute Gasteiger partial charge is 0.497 e. The summed E-state index contributed by atoms with van der Waals surface area (Å²) < 4.78 is 5.77. The standard InChI is InChI=1S/C30H30N6O3S2/c1-17-8-10-18(11-9-17)25-21(15-31)27(32)36(22-13-30(2,3)14-23(37)26(22)25)28-34-35-29(41-28)40-16-24(38)33-19-6-5-7-20(12-19)39-4/h5-12,25H,13-14,16,32H2,1-4H3,(H,33,38). The summed E-state index contributed by atoms with van der Waals surface area (Å²) in [6.07, 6.45) is 0.959. The zero-order valence-corrected chi connectivity index (χ0v) is 24.9. The molecule has 2 heterocycles. The van der Waals surface area contributed by atoms with E-state index >= 15 is 0 Å². The van der Waals surface area contributed by atoms with E-state index in [4.69, 9.17) is 10.5 Å². The fourth-order valence-corrected chi connectivity index (χ4v) is 6.88. The summed E-state index contributed by atoms with van der Waals surface area (Å²) in [6.45, 7) is 6.10. The minimum absolute atomic E-state index is 0.000373. The van der Waals surface area contributed by atoms with E-state index in [9.17, 15) is 14.9 Å². The monoisotopic (exact) mass is 586 g/mol. The van der Waals surface area contributed by atoms with Gasteiger partial charge in [-0.15, -0.1) is 10.2 Å². The van der Waals surface area contributed by atoms with E-state index in [1.807, 2.05) is 31.2 Å². The van der Waals surface area contributed by atoms with Crippen LogP contribution in [-0.4, -0.2) is 34.8 Å². The number of nitriles is 1. The van der Waals surface area contributed by atoms with Crippen molar-refractivity contribution in [2.75, 3.05) is 23.1 Å². The van der Waals surface area contributed by atoms with Crippen LogP contribution in [0.15, 0.2) is 75.5 Å². The number of carbonyl (C=O) groups excluding carboxylic acids is 2. The smallest absolute Gasteiger partial charge is 0.234 e. The highest BCUT2D eigenvalue weighted by atomic mass is 32.2. The van der Waals surface area contributed by atoms with Crippen molar-refractivity contribution in [1.29, 1.82) is 5.26 Å². The topological polar surface area (TPSA) is 134 Å². The second-order valence-corrected chi connectivity index (χ2v) is 13.0. The van der Waals surface area contributed by atoms with Gasteiger partial charge < -0.3 is 15.8 Å². The number of amides is 1. The molecule has 3 aromatic rings. The van der Waals surface area contributed by atoms with E-state index in [1.54, 1.807) is 36.3 Å². The lowest BCUT2D eigenvalue weighted by Crippen LogP contribution is -2.42. The molecule has 210 valence electrons. The highest BCUT2D eigenvalue weighted by Crippen LogP contribution is 2.50. The second kappa shape index (κ2) is 11.4. The molecule has 0 fully saturated rings. The highest BCUT2D eigenvalue weighted by molar-refractivity contribution is 8.01. The predicted octanol–water partition coefficient (Wildman–Crippen LogP) is 5.53. The fraction of sp³-hybridized carbons (Fsp3) is 0.300. The Kier molecular flexibility index (Phi) is 7.89. The van der Waals surface area contributed by atoms with Crippen molar-refractivity contribution in [3.63, 3.8) is 0 Å². The molecule has 41 heavy (non-hydrogen) atoms. The van der Waals surface area contributed by atoms with E-state index in [0.717, 1.165) is 16.8 Å². The number of aromatic nitrogens is 2. The van der Waals surface area contributed by atoms with Crippen molar-refractivity contribution in [3.8, 4) is 11.8 Å². The van der Waals surface area contributed by atoms with Gasteiger partial charge in [0, 0.05) is 29.4 Å². The molecular weight excluding hydrogens is 557 g/mol. The summed E-state index contributed by atoms with van der Waals surface area (Å²) in [5.41, 5.74) is 10.6.